The average molecular weight is 264 g/mol. The van der Waals surface area contributed by atoms with E-state index in [1.54, 1.807) is 4.90 Å². The standard InChI is InChI=1S/C15H21FN2O/c1-3-15(4-2)7-8-18(10-15)14(19)12-9-11(16)5-6-13(12)17/h5-6,9H,3-4,7-8,10,17H2,1-2H3. The number of likely N-dealkylation sites (tertiary alicyclic amines) is 1. The smallest absolute Gasteiger partial charge is 0.256 e. The van der Waals surface area contributed by atoms with Crippen LogP contribution in [0, 0.1) is 11.2 Å². The Morgan fingerprint density at radius 1 is 1.42 bits per heavy atom. The van der Waals surface area contributed by atoms with Crippen molar-refractivity contribution in [2.45, 2.75) is 33.1 Å². The lowest BCUT2D eigenvalue weighted by atomic mass is 9.82. The summed E-state index contributed by atoms with van der Waals surface area (Å²) < 4.78 is 13.3. The van der Waals surface area contributed by atoms with E-state index in [0.29, 0.717) is 5.69 Å². The number of hydrogen-bond donors (Lipinski definition) is 1. The fourth-order valence-corrected chi connectivity index (χ4v) is 2.82. The number of rotatable bonds is 3. The molecule has 0 saturated carbocycles. The third-order valence-corrected chi connectivity index (χ3v) is 4.47. The van der Waals surface area contributed by atoms with E-state index >= 15 is 0 Å². The average Bonchev–Trinajstić information content (AvgIpc) is 2.86. The van der Waals surface area contributed by atoms with Crippen LogP contribution in [0.1, 0.15) is 43.5 Å². The fraction of sp³-hybridized carbons (Fsp3) is 0.533. The van der Waals surface area contributed by atoms with Gasteiger partial charge in [-0.15, -0.1) is 0 Å². The first-order valence-electron chi connectivity index (χ1n) is 6.85. The molecular formula is C15H21FN2O. The summed E-state index contributed by atoms with van der Waals surface area (Å²) in [7, 11) is 0. The van der Waals surface area contributed by atoms with Crippen LogP contribution in [-0.4, -0.2) is 23.9 Å². The molecule has 3 nitrogen and oxygen atoms in total. The first kappa shape index (κ1) is 13.8. The Kier molecular flexibility index (Phi) is 3.78. The van der Waals surface area contributed by atoms with Crippen molar-refractivity contribution in [2.24, 2.45) is 5.41 Å². The summed E-state index contributed by atoms with van der Waals surface area (Å²) in [5.74, 6) is -0.574. The summed E-state index contributed by atoms with van der Waals surface area (Å²) in [6, 6.07) is 3.96. The van der Waals surface area contributed by atoms with Crippen molar-refractivity contribution in [2.75, 3.05) is 18.8 Å². The lowest BCUT2D eigenvalue weighted by Crippen LogP contribution is -2.32. The molecule has 0 aromatic heterocycles. The van der Waals surface area contributed by atoms with Gasteiger partial charge in [-0.2, -0.15) is 0 Å². The summed E-state index contributed by atoms with van der Waals surface area (Å²) in [5.41, 5.74) is 6.62. The number of anilines is 1. The van der Waals surface area contributed by atoms with Crippen molar-refractivity contribution in [3.63, 3.8) is 0 Å². The predicted molar refractivity (Wildman–Crippen MR) is 74.3 cm³/mol. The van der Waals surface area contributed by atoms with Crippen LogP contribution in [0.3, 0.4) is 0 Å². The van der Waals surface area contributed by atoms with Gasteiger partial charge in [0.15, 0.2) is 0 Å². The van der Waals surface area contributed by atoms with Gasteiger partial charge in [-0.25, -0.2) is 4.39 Å². The maximum absolute atomic E-state index is 13.3. The van der Waals surface area contributed by atoms with E-state index in [4.69, 9.17) is 5.73 Å². The minimum absolute atomic E-state index is 0.152. The Morgan fingerprint density at radius 2 is 2.11 bits per heavy atom. The number of benzene rings is 1. The Hall–Kier alpha value is -1.58. The molecule has 0 atom stereocenters. The number of nitrogen functional groups attached to an aromatic ring is 1. The fourth-order valence-electron chi connectivity index (χ4n) is 2.82. The molecule has 0 aliphatic carbocycles. The monoisotopic (exact) mass is 264 g/mol. The number of nitrogens with two attached hydrogens (primary N) is 1. The van der Waals surface area contributed by atoms with Gasteiger partial charge in [0.2, 0.25) is 0 Å². The van der Waals surface area contributed by atoms with E-state index in [9.17, 15) is 9.18 Å². The molecule has 1 saturated heterocycles. The van der Waals surface area contributed by atoms with Gasteiger partial charge < -0.3 is 10.6 Å². The Balaban J connectivity index is 2.20. The molecule has 1 heterocycles. The molecule has 1 aromatic carbocycles. The molecular weight excluding hydrogens is 243 g/mol. The summed E-state index contributed by atoms with van der Waals surface area (Å²) in [6.45, 7) is 5.80. The van der Waals surface area contributed by atoms with E-state index in [1.807, 2.05) is 0 Å². The van der Waals surface area contributed by atoms with Crippen molar-refractivity contribution in [3.8, 4) is 0 Å². The largest absolute Gasteiger partial charge is 0.398 e. The molecule has 1 aliphatic heterocycles. The second-order valence-electron chi connectivity index (χ2n) is 5.42. The van der Waals surface area contributed by atoms with Gasteiger partial charge in [0.25, 0.3) is 5.91 Å². The summed E-state index contributed by atoms with van der Waals surface area (Å²) in [5, 5.41) is 0. The normalized spacial score (nSPS) is 17.7. The second kappa shape index (κ2) is 5.19. The first-order chi connectivity index (χ1) is 9.01. The topological polar surface area (TPSA) is 46.3 Å². The highest BCUT2D eigenvalue weighted by Gasteiger charge is 2.37. The Bertz CT molecular complexity index is 483. The Morgan fingerprint density at radius 3 is 2.68 bits per heavy atom. The number of nitrogens with zero attached hydrogens (tertiary/aromatic N) is 1. The minimum atomic E-state index is -0.422. The number of hydrogen-bond acceptors (Lipinski definition) is 2. The lowest BCUT2D eigenvalue weighted by molar-refractivity contribution is 0.0770. The molecule has 0 spiro atoms. The van der Waals surface area contributed by atoms with Crippen LogP contribution in [0.15, 0.2) is 18.2 Å². The minimum Gasteiger partial charge on any atom is -0.398 e. The lowest BCUT2D eigenvalue weighted by Gasteiger charge is -2.26. The predicted octanol–water partition coefficient (Wildman–Crippen LogP) is 3.06. The molecule has 104 valence electrons. The third kappa shape index (κ3) is 2.57. The first-order valence-corrected chi connectivity index (χ1v) is 6.85. The highest BCUT2D eigenvalue weighted by atomic mass is 19.1. The zero-order chi connectivity index (χ0) is 14.0. The Labute approximate surface area is 113 Å². The van der Waals surface area contributed by atoms with E-state index < -0.39 is 5.82 Å². The van der Waals surface area contributed by atoms with Crippen LogP contribution in [0.2, 0.25) is 0 Å². The van der Waals surface area contributed by atoms with Gasteiger partial charge in [0, 0.05) is 18.8 Å². The molecule has 1 aliphatic rings. The molecule has 4 heteroatoms. The van der Waals surface area contributed by atoms with Crippen LogP contribution >= 0.6 is 0 Å². The van der Waals surface area contributed by atoms with Crippen LogP contribution in [0.5, 0.6) is 0 Å². The molecule has 1 amide bonds. The highest BCUT2D eigenvalue weighted by molar-refractivity contribution is 5.99. The van der Waals surface area contributed by atoms with Gasteiger partial charge >= 0.3 is 0 Å². The molecule has 0 bridgehead atoms. The van der Waals surface area contributed by atoms with Crippen LogP contribution in [-0.2, 0) is 0 Å². The van der Waals surface area contributed by atoms with Crippen LogP contribution in [0.4, 0.5) is 10.1 Å². The number of carbonyl (C=O) groups excluding carboxylic acids is 1. The van der Waals surface area contributed by atoms with Crippen molar-refractivity contribution < 1.29 is 9.18 Å². The van der Waals surface area contributed by atoms with Gasteiger partial charge in [-0.3, -0.25) is 4.79 Å². The quantitative estimate of drug-likeness (QED) is 0.853. The zero-order valence-electron chi connectivity index (χ0n) is 11.6. The maximum Gasteiger partial charge on any atom is 0.256 e. The van der Waals surface area contributed by atoms with Crippen molar-refractivity contribution in [1.82, 2.24) is 4.90 Å². The van der Waals surface area contributed by atoms with Crippen LogP contribution < -0.4 is 5.73 Å². The molecule has 0 unspecified atom stereocenters. The van der Waals surface area contributed by atoms with Gasteiger partial charge in [0.05, 0.1) is 5.56 Å². The van der Waals surface area contributed by atoms with E-state index in [1.165, 1.54) is 18.2 Å². The van der Waals surface area contributed by atoms with Crippen molar-refractivity contribution >= 4 is 11.6 Å². The molecule has 2 N–H and O–H groups in total. The highest BCUT2D eigenvalue weighted by Crippen LogP contribution is 2.37. The zero-order valence-corrected chi connectivity index (χ0v) is 11.6. The van der Waals surface area contributed by atoms with Gasteiger partial charge in [-0.05, 0) is 42.9 Å². The molecule has 1 aromatic rings. The SMILES string of the molecule is CCC1(CC)CCN(C(=O)c2cc(F)ccc2N)C1. The van der Waals surface area contributed by atoms with Crippen molar-refractivity contribution in [1.29, 1.82) is 0 Å². The van der Waals surface area contributed by atoms with Gasteiger partial charge in [-0.1, -0.05) is 13.8 Å². The maximum atomic E-state index is 13.3. The van der Waals surface area contributed by atoms with E-state index in [2.05, 4.69) is 13.8 Å². The molecule has 1 fully saturated rings. The summed E-state index contributed by atoms with van der Waals surface area (Å²) in [4.78, 5) is 14.2. The molecule has 19 heavy (non-hydrogen) atoms. The summed E-state index contributed by atoms with van der Waals surface area (Å²) >= 11 is 0. The van der Waals surface area contributed by atoms with Crippen molar-refractivity contribution in [3.05, 3.63) is 29.6 Å². The van der Waals surface area contributed by atoms with Gasteiger partial charge in [0.1, 0.15) is 5.82 Å². The number of carbonyl (C=O) groups is 1. The molecule has 2 rings (SSSR count). The molecule has 0 radical (unpaired) electrons. The van der Waals surface area contributed by atoms with E-state index in [-0.39, 0.29) is 16.9 Å². The third-order valence-electron chi connectivity index (χ3n) is 4.47. The second-order valence-corrected chi connectivity index (χ2v) is 5.42. The summed E-state index contributed by atoms with van der Waals surface area (Å²) in [6.07, 6.45) is 3.14. The number of amides is 1. The van der Waals surface area contributed by atoms with Crippen LogP contribution in [0.25, 0.3) is 0 Å². The number of halogens is 1. The van der Waals surface area contributed by atoms with E-state index in [0.717, 1.165) is 32.4 Å².